The number of allylic oxidation sites excluding steroid dienone is 1. The number of benzene rings is 1. The number of hydrogen-bond donors (Lipinski definition) is 4. The van der Waals surface area contributed by atoms with Crippen LogP contribution in [0.2, 0.25) is 0 Å². The van der Waals surface area contributed by atoms with E-state index in [1.165, 1.54) is 11.3 Å². The van der Waals surface area contributed by atoms with Crippen LogP contribution in [0.1, 0.15) is 90.9 Å². The quantitative estimate of drug-likeness (QED) is 0.173. The number of anilines is 1. The Bertz CT molecular complexity index is 2200. The van der Waals surface area contributed by atoms with Crippen molar-refractivity contribution < 1.29 is 41.8 Å². The molecule has 1 aliphatic heterocycles. The summed E-state index contributed by atoms with van der Waals surface area (Å²) in [5.41, 5.74) is 0.299. The Hall–Kier alpha value is -4.77. The van der Waals surface area contributed by atoms with E-state index in [1.54, 1.807) is 25.3 Å². The number of alkyl carbamates (subject to hydrolysis) is 1. The minimum atomic E-state index is -3.94. The molecular weight excluding hydrogens is 797 g/mol. The molecule has 2 aromatic heterocycles. The van der Waals surface area contributed by atoms with Gasteiger partial charge in [-0.15, -0.1) is 11.3 Å². The van der Waals surface area contributed by atoms with Crippen molar-refractivity contribution in [3.63, 3.8) is 0 Å². The highest BCUT2D eigenvalue weighted by atomic mass is 32.2. The van der Waals surface area contributed by atoms with E-state index >= 15 is 0 Å². The van der Waals surface area contributed by atoms with Gasteiger partial charge in [0.05, 0.1) is 36.5 Å². The van der Waals surface area contributed by atoms with E-state index in [9.17, 15) is 27.6 Å². The number of ketones is 1. The molecule has 3 heterocycles. The Morgan fingerprint density at radius 2 is 1.73 bits per heavy atom. The van der Waals surface area contributed by atoms with E-state index in [2.05, 4.69) is 20.7 Å². The number of hydrogen-bond acceptors (Lipinski definition) is 13. The third-order valence-electron chi connectivity index (χ3n) is 11.7. The van der Waals surface area contributed by atoms with Gasteiger partial charge >= 0.3 is 6.09 Å². The average Bonchev–Trinajstić information content (AvgIpc) is 3.61. The maximum absolute atomic E-state index is 14.8. The highest BCUT2D eigenvalue weighted by Gasteiger charge is 2.61. The predicted molar refractivity (Wildman–Crippen MR) is 224 cm³/mol. The Balaban J connectivity index is 1.22. The zero-order valence-corrected chi connectivity index (χ0v) is 35.6. The number of amides is 3. The largest absolute Gasteiger partial charge is 0.497 e. The van der Waals surface area contributed by atoms with Gasteiger partial charge in [-0.1, -0.05) is 25.0 Å². The van der Waals surface area contributed by atoms with Gasteiger partial charge in [0.2, 0.25) is 15.9 Å². The third kappa shape index (κ3) is 10.2. The molecule has 7 rings (SSSR count). The molecule has 318 valence electrons. The molecule has 4 aliphatic rings. The lowest BCUT2D eigenvalue weighted by molar-refractivity contribution is -0.136. The Labute approximate surface area is 348 Å². The van der Waals surface area contributed by atoms with Crippen LogP contribution in [0, 0.1) is 17.8 Å². The van der Waals surface area contributed by atoms with E-state index in [-0.39, 0.29) is 37.2 Å². The summed E-state index contributed by atoms with van der Waals surface area (Å²) >= 11 is 1.46. The number of methoxy groups -OCH3 is 1. The van der Waals surface area contributed by atoms with Gasteiger partial charge < -0.3 is 30.2 Å². The Morgan fingerprint density at radius 1 is 0.966 bits per heavy atom. The number of nitrogens with zero attached hydrogens (tertiary/aromatic N) is 2. The normalized spacial score (nSPS) is 27.1. The van der Waals surface area contributed by atoms with Gasteiger partial charge in [0.1, 0.15) is 34.9 Å². The molecule has 6 atom stereocenters. The first-order chi connectivity index (χ1) is 28.2. The number of ether oxygens (including phenoxy) is 3. The molecule has 3 aliphatic carbocycles. The number of sulfonamides is 1. The number of carbonyl (C=O) groups excluding carboxylic acids is 4. The summed E-state index contributed by atoms with van der Waals surface area (Å²) in [6.45, 7) is 4.06. The van der Waals surface area contributed by atoms with Crippen LogP contribution in [-0.2, 0) is 29.1 Å². The summed E-state index contributed by atoms with van der Waals surface area (Å²) in [4.78, 5) is 65.7. The lowest BCUT2D eigenvalue weighted by atomic mass is 9.86. The fraction of sp³-hybridized carbons (Fsp3) is 0.571. The van der Waals surface area contributed by atoms with Gasteiger partial charge in [-0.2, -0.15) is 0 Å². The molecule has 1 unspecified atom stereocenters. The molecule has 3 amide bonds. The first-order valence-corrected chi connectivity index (χ1v) is 23.4. The lowest BCUT2D eigenvalue weighted by Gasteiger charge is -2.26. The minimum Gasteiger partial charge on any atom is -0.497 e. The standard InChI is InChI=1S/C42H54N6O9S2/c1-24(2)43-40-45-35(23-58-40)34-21-36(29-17-16-27(55-3)20-33(29)44-34)56-28-18-30-31(19-28)38(50)47-42(39(51)48-59(4,53)54)22-25(42)12-8-6-5-7-9-15-32(37(30)49)46-41(52)57-26-13-10-11-14-26/h8,12,16-17,20-21,23-26,28,30-32H,5-7,9-11,13-15,18-19,22H2,1-4H3,(H,43,45)(H,46,52)(H,47,50)(H,48,51)/b12-8-/t25-,28-,30?,31+,32-,42+/m0/s1. The molecule has 17 heteroatoms. The maximum atomic E-state index is 14.8. The number of aromatic nitrogens is 2. The summed E-state index contributed by atoms with van der Waals surface area (Å²) in [7, 11) is -2.36. The van der Waals surface area contributed by atoms with Crippen molar-refractivity contribution in [2.45, 2.75) is 121 Å². The molecule has 0 spiro atoms. The zero-order chi connectivity index (χ0) is 41.9. The first kappa shape index (κ1) is 42.4. The van der Waals surface area contributed by atoms with Gasteiger partial charge in [0, 0.05) is 40.8 Å². The number of pyridine rings is 1. The van der Waals surface area contributed by atoms with Crippen molar-refractivity contribution >= 4 is 61.1 Å². The van der Waals surface area contributed by atoms with Crippen molar-refractivity contribution in [2.75, 3.05) is 18.7 Å². The molecule has 3 aromatic rings. The van der Waals surface area contributed by atoms with Gasteiger partial charge in [-0.25, -0.2) is 23.2 Å². The maximum Gasteiger partial charge on any atom is 0.407 e. The van der Waals surface area contributed by atoms with Crippen LogP contribution in [0.15, 0.2) is 41.8 Å². The molecule has 0 bridgehead atoms. The van der Waals surface area contributed by atoms with Crippen LogP contribution in [0.5, 0.6) is 11.5 Å². The van der Waals surface area contributed by atoms with Gasteiger partial charge in [0.25, 0.3) is 5.91 Å². The van der Waals surface area contributed by atoms with Crippen LogP contribution in [0.3, 0.4) is 0 Å². The van der Waals surface area contributed by atoms with E-state index in [4.69, 9.17) is 24.2 Å². The second kappa shape index (κ2) is 17.8. The van der Waals surface area contributed by atoms with E-state index in [0.717, 1.165) is 49.9 Å². The number of carbonyl (C=O) groups is 4. The SMILES string of the molecule is COc1ccc2c(O[C@H]3CC4C(=O)[C@@H](NC(=O)OC5CCCC5)CCCCC/C=C\[C@H]5C[C@@]5(C(=O)NS(C)(=O)=O)NC(=O)[C@@H]4C3)cc(-c3csc(NC(C)C)n3)nc2c1. The lowest BCUT2D eigenvalue weighted by Crippen LogP contribution is -2.54. The van der Waals surface area contributed by atoms with Crippen molar-refractivity contribution in [3.8, 4) is 22.9 Å². The molecule has 59 heavy (non-hydrogen) atoms. The highest BCUT2D eigenvalue weighted by molar-refractivity contribution is 7.89. The number of thiazole rings is 1. The van der Waals surface area contributed by atoms with Crippen molar-refractivity contribution in [2.24, 2.45) is 17.8 Å². The number of rotatable bonds is 10. The summed E-state index contributed by atoms with van der Waals surface area (Å²) < 4.78 is 44.5. The first-order valence-electron chi connectivity index (χ1n) is 20.6. The minimum absolute atomic E-state index is 0.111. The Morgan fingerprint density at radius 3 is 2.47 bits per heavy atom. The number of nitrogens with one attached hydrogen (secondary N) is 4. The fourth-order valence-corrected chi connectivity index (χ4v) is 9.96. The van der Waals surface area contributed by atoms with Crippen LogP contribution in [0.25, 0.3) is 22.3 Å². The summed E-state index contributed by atoms with van der Waals surface area (Å²) in [6.07, 6.45) is 10.5. The van der Waals surface area contributed by atoms with E-state index < -0.39 is 63.4 Å². The molecule has 0 saturated heterocycles. The predicted octanol–water partition coefficient (Wildman–Crippen LogP) is 6.04. The van der Waals surface area contributed by atoms with Crippen LogP contribution in [0.4, 0.5) is 9.93 Å². The topological polar surface area (TPSA) is 204 Å². The smallest absolute Gasteiger partial charge is 0.407 e. The van der Waals surface area contributed by atoms with Gasteiger partial charge in [-0.3, -0.25) is 19.1 Å². The van der Waals surface area contributed by atoms with Crippen LogP contribution in [-0.4, -0.2) is 85.3 Å². The molecule has 15 nitrogen and oxygen atoms in total. The average molecular weight is 851 g/mol. The van der Waals surface area contributed by atoms with Gasteiger partial charge in [0.15, 0.2) is 10.9 Å². The van der Waals surface area contributed by atoms with Crippen molar-refractivity contribution in [1.82, 2.24) is 25.3 Å². The van der Waals surface area contributed by atoms with Crippen molar-refractivity contribution in [3.05, 3.63) is 41.8 Å². The summed E-state index contributed by atoms with van der Waals surface area (Å²) in [5.74, 6) is -2.91. The van der Waals surface area contributed by atoms with Crippen LogP contribution >= 0.6 is 11.3 Å². The number of fused-ring (bicyclic) bond motifs is 3. The molecule has 1 aromatic carbocycles. The Kier molecular flexibility index (Phi) is 12.8. The zero-order valence-electron chi connectivity index (χ0n) is 34.0. The monoisotopic (exact) mass is 850 g/mol. The summed E-state index contributed by atoms with van der Waals surface area (Å²) in [5, 5.41) is 12.4. The third-order valence-corrected chi connectivity index (χ3v) is 13.0. The molecule has 4 N–H and O–H groups in total. The number of Topliss-reactive ketones (excluding diaryl/α,β-unsaturated/α-hetero) is 1. The van der Waals surface area contributed by atoms with Gasteiger partial charge in [-0.05, 0) is 90.2 Å². The highest BCUT2D eigenvalue weighted by Crippen LogP contribution is 2.47. The van der Waals surface area contributed by atoms with E-state index in [1.807, 2.05) is 37.4 Å². The second-order valence-electron chi connectivity index (χ2n) is 16.6. The molecule has 0 radical (unpaired) electrons. The molecule has 3 fully saturated rings. The van der Waals surface area contributed by atoms with Crippen LogP contribution < -0.4 is 30.1 Å². The second-order valence-corrected chi connectivity index (χ2v) is 19.2. The molecule has 3 saturated carbocycles. The molecular formula is C42H54N6O9S2. The fourth-order valence-electron chi connectivity index (χ4n) is 8.59. The summed E-state index contributed by atoms with van der Waals surface area (Å²) in [6, 6.07) is 6.53. The van der Waals surface area contributed by atoms with Crippen molar-refractivity contribution in [1.29, 1.82) is 0 Å². The van der Waals surface area contributed by atoms with E-state index in [0.29, 0.717) is 53.1 Å².